The highest BCUT2D eigenvalue weighted by molar-refractivity contribution is 7.84. The Labute approximate surface area is 144 Å². The Morgan fingerprint density at radius 2 is 2.08 bits per heavy atom. The van der Waals surface area contributed by atoms with Crippen molar-refractivity contribution in [1.82, 2.24) is 14.9 Å². The van der Waals surface area contributed by atoms with Crippen molar-refractivity contribution in [3.05, 3.63) is 54.1 Å². The number of imidazole rings is 1. The first-order valence-electron chi connectivity index (χ1n) is 8.36. The lowest BCUT2D eigenvalue weighted by Gasteiger charge is -2.25. The maximum absolute atomic E-state index is 12.3. The van der Waals surface area contributed by atoms with Crippen molar-refractivity contribution >= 4 is 16.7 Å². The number of amides is 1. The molecule has 1 atom stereocenters. The Bertz CT molecular complexity index is 695. The van der Waals surface area contributed by atoms with E-state index in [1.807, 2.05) is 29.0 Å². The zero-order valence-electron chi connectivity index (χ0n) is 13.7. The lowest BCUT2D eigenvalue weighted by Crippen LogP contribution is -2.35. The minimum atomic E-state index is -1.24. The fourth-order valence-corrected chi connectivity index (χ4v) is 3.78. The number of carbonyl (C=O) groups excluding carboxylic acids is 1. The monoisotopic (exact) mass is 345 g/mol. The summed E-state index contributed by atoms with van der Waals surface area (Å²) in [5.74, 6) is 1.60. The van der Waals surface area contributed by atoms with Gasteiger partial charge in [0.25, 0.3) is 0 Å². The molecular weight excluding hydrogens is 322 g/mol. The van der Waals surface area contributed by atoms with Crippen molar-refractivity contribution in [3.8, 4) is 0 Å². The molecule has 0 saturated heterocycles. The van der Waals surface area contributed by atoms with Crippen LogP contribution in [0.4, 0.5) is 0 Å². The first-order chi connectivity index (χ1) is 11.7. The third kappa shape index (κ3) is 4.77. The molecule has 1 N–H and O–H groups in total. The molecule has 0 bridgehead atoms. The van der Waals surface area contributed by atoms with E-state index in [9.17, 15) is 9.00 Å². The summed E-state index contributed by atoms with van der Waals surface area (Å²) < 4.78 is 14.2. The summed E-state index contributed by atoms with van der Waals surface area (Å²) in [5, 5.41) is 2.89. The summed E-state index contributed by atoms with van der Waals surface area (Å²) in [6, 6.07) is 10.1. The van der Waals surface area contributed by atoms with Gasteiger partial charge in [-0.05, 0) is 24.3 Å². The number of rotatable bonds is 8. The van der Waals surface area contributed by atoms with Crippen molar-refractivity contribution < 1.29 is 9.00 Å². The predicted octanol–water partition coefficient (Wildman–Crippen LogP) is 2.10. The maximum atomic E-state index is 12.3. The molecule has 128 valence electrons. The molecule has 0 aliphatic heterocycles. The molecule has 1 heterocycles. The summed E-state index contributed by atoms with van der Waals surface area (Å²) in [7, 11) is -1.24. The number of aromatic nitrogens is 2. The van der Waals surface area contributed by atoms with Gasteiger partial charge in [-0.2, -0.15) is 0 Å². The lowest BCUT2D eigenvalue weighted by atomic mass is 9.85. The molecule has 1 saturated carbocycles. The number of benzene rings is 1. The van der Waals surface area contributed by atoms with E-state index in [0.717, 1.165) is 12.4 Å². The van der Waals surface area contributed by atoms with Gasteiger partial charge in [0.05, 0.1) is 5.75 Å². The van der Waals surface area contributed by atoms with Gasteiger partial charge in [0, 0.05) is 36.3 Å². The van der Waals surface area contributed by atoms with Crippen molar-refractivity contribution in [1.29, 1.82) is 0 Å². The van der Waals surface area contributed by atoms with Crippen LogP contribution < -0.4 is 5.32 Å². The lowest BCUT2D eigenvalue weighted by molar-refractivity contribution is -0.118. The van der Waals surface area contributed by atoms with Crippen LogP contribution in [0.1, 0.15) is 30.7 Å². The molecule has 0 spiro atoms. The van der Waals surface area contributed by atoms with E-state index in [1.165, 1.54) is 24.8 Å². The van der Waals surface area contributed by atoms with Crippen molar-refractivity contribution in [2.45, 2.75) is 31.6 Å². The van der Waals surface area contributed by atoms with Crippen molar-refractivity contribution in [2.24, 2.45) is 5.92 Å². The molecule has 0 radical (unpaired) electrons. The number of nitrogens with one attached hydrogen (secondary N) is 1. The van der Waals surface area contributed by atoms with Gasteiger partial charge in [-0.25, -0.2) is 4.98 Å². The summed E-state index contributed by atoms with van der Waals surface area (Å²) in [5.41, 5.74) is 1.17. The van der Waals surface area contributed by atoms with Crippen LogP contribution in [0.3, 0.4) is 0 Å². The number of nitrogens with zero attached hydrogens (tertiary/aromatic N) is 2. The molecule has 1 aliphatic carbocycles. The van der Waals surface area contributed by atoms with Crippen LogP contribution in [0.25, 0.3) is 0 Å². The third-order valence-corrected chi connectivity index (χ3v) is 5.56. The van der Waals surface area contributed by atoms with Crippen molar-refractivity contribution in [2.75, 3.05) is 12.3 Å². The molecule has 1 aromatic carbocycles. The molecule has 1 aliphatic rings. The van der Waals surface area contributed by atoms with Crippen molar-refractivity contribution in [3.63, 3.8) is 0 Å². The highest BCUT2D eigenvalue weighted by Gasteiger charge is 2.18. The highest BCUT2D eigenvalue weighted by atomic mass is 32.2. The van der Waals surface area contributed by atoms with E-state index in [-0.39, 0.29) is 11.7 Å². The standard InChI is InChI=1S/C18H23N3O2S/c22-18(20-11-15-7-4-8-15)14-24(23)13-17-19-9-10-21(17)12-16-5-2-1-3-6-16/h1-3,5-6,9-10,15H,4,7-8,11-14H2,(H,20,22)/t24-/m0/s1. The first-order valence-corrected chi connectivity index (χ1v) is 9.85. The summed E-state index contributed by atoms with van der Waals surface area (Å²) in [4.78, 5) is 16.2. The third-order valence-electron chi connectivity index (χ3n) is 4.39. The Morgan fingerprint density at radius 3 is 2.79 bits per heavy atom. The smallest absolute Gasteiger partial charge is 0.232 e. The van der Waals surface area contributed by atoms with Gasteiger partial charge in [0.1, 0.15) is 11.6 Å². The molecule has 1 amide bonds. The molecule has 1 aromatic heterocycles. The molecule has 3 rings (SSSR count). The van der Waals surface area contributed by atoms with E-state index in [1.54, 1.807) is 6.20 Å². The second kappa shape index (κ2) is 8.24. The number of hydrogen-bond acceptors (Lipinski definition) is 3. The van der Waals surface area contributed by atoms with E-state index in [4.69, 9.17) is 0 Å². The highest BCUT2D eigenvalue weighted by Crippen LogP contribution is 2.25. The summed E-state index contributed by atoms with van der Waals surface area (Å²) in [6.07, 6.45) is 7.25. The topological polar surface area (TPSA) is 64.0 Å². The predicted molar refractivity (Wildman–Crippen MR) is 94.8 cm³/mol. The van der Waals surface area contributed by atoms with E-state index >= 15 is 0 Å². The van der Waals surface area contributed by atoms with Gasteiger partial charge >= 0.3 is 0 Å². The zero-order valence-corrected chi connectivity index (χ0v) is 14.5. The molecule has 24 heavy (non-hydrogen) atoms. The van der Waals surface area contributed by atoms with Crippen LogP contribution in [0, 0.1) is 5.92 Å². The Kier molecular flexibility index (Phi) is 5.80. The summed E-state index contributed by atoms with van der Waals surface area (Å²) >= 11 is 0. The first kappa shape index (κ1) is 16.9. The quantitative estimate of drug-likeness (QED) is 0.797. The second-order valence-electron chi connectivity index (χ2n) is 6.29. The van der Waals surface area contributed by atoms with Crippen LogP contribution in [0.2, 0.25) is 0 Å². The summed E-state index contributed by atoms with van der Waals surface area (Å²) in [6.45, 7) is 1.42. The molecule has 1 fully saturated rings. The normalized spacial score (nSPS) is 15.7. The van der Waals surface area contributed by atoms with E-state index in [0.29, 0.717) is 18.2 Å². The van der Waals surface area contributed by atoms with Gasteiger partial charge in [-0.15, -0.1) is 0 Å². The molecule has 0 unspecified atom stereocenters. The van der Waals surface area contributed by atoms with Gasteiger partial charge < -0.3 is 9.88 Å². The largest absolute Gasteiger partial charge is 0.355 e. The maximum Gasteiger partial charge on any atom is 0.232 e. The Morgan fingerprint density at radius 1 is 1.29 bits per heavy atom. The average Bonchev–Trinajstić information content (AvgIpc) is 2.93. The Hall–Kier alpha value is -1.95. The molecular formula is C18H23N3O2S. The molecule has 5 nitrogen and oxygen atoms in total. The number of hydrogen-bond donors (Lipinski definition) is 1. The van der Waals surface area contributed by atoms with E-state index in [2.05, 4.69) is 22.4 Å². The zero-order chi connectivity index (χ0) is 16.8. The van der Waals surface area contributed by atoms with Crippen LogP contribution in [-0.4, -0.2) is 32.0 Å². The fraction of sp³-hybridized carbons (Fsp3) is 0.444. The van der Waals surface area contributed by atoms with Crippen LogP contribution in [0.15, 0.2) is 42.7 Å². The molecule has 6 heteroatoms. The minimum absolute atomic E-state index is 0.0465. The van der Waals surface area contributed by atoms with Gasteiger partial charge in [-0.3, -0.25) is 9.00 Å². The van der Waals surface area contributed by atoms with E-state index < -0.39 is 10.8 Å². The van der Waals surface area contributed by atoms with Crippen LogP contribution in [-0.2, 0) is 27.9 Å². The average molecular weight is 345 g/mol. The minimum Gasteiger partial charge on any atom is -0.355 e. The van der Waals surface area contributed by atoms with Gasteiger partial charge in [0.15, 0.2) is 0 Å². The van der Waals surface area contributed by atoms with Gasteiger partial charge in [-0.1, -0.05) is 36.8 Å². The second-order valence-corrected chi connectivity index (χ2v) is 7.74. The van der Waals surface area contributed by atoms with Crippen LogP contribution >= 0.6 is 0 Å². The Balaban J connectivity index is 1.49. The van der Waals surface area contributed by atoms with Gasteiger partial charge in [0.2, 0.25) is 5.91 Å². The SMILES string of the molecule is O=C(C[S@@](=O)Cc1nccn1Cc1ccccc1)NCC1CCC1. The molecule has 2 aromatic rings. The van der Waals surface area contributed by atoms with Crippen LogP contribution in [0.5, 0.6) is 0 Å². The fourth-order valence-electron chi connectivity index (χ4n) is 2.75. The number of carbonyl (C=O) groups is 1.